The number of carbonyl (C=O) groups excluding carboxylic acids is 1. The first-order valence-corrected chi connectivity index (χ1v) is 29.4. The monoisotopic (exact) mass is 1160 g/mol. The summed E-state index contributed by atoms with van der Waals surface area (Å²) in [4.78, 5) is 15.1. The summed E-state index contributed by atoms with van der Waals surface area (Å²) in [6.45, 7) is 16.0. The number of fused-ring (bicyclic) bond motifs is 7. The van der Waals surface area contributed by atoms with Gasteiger partial charge in [-0.3, -0.25) is 4.79 Å². The zero-order valence-corrected chi connectivity index (χ0v) is 47.8. The van der Waals surface area contributed by atoms with E-state index in [1.807, 2.05) is 0 Å². The van der Waals surface area contributed by atoms with Gasteiger partial charge < -0.3 is 114 Å². The number of aliphatic hydroxyl groups excluding tert-OH is 13. The Labute approximate surface area is 472 Å². The number of rotatable bonds is 11. The maximum Gasteiger partial charge on any atom is 0.315 e. The Hall–Kier alpha value is -1.67. The van der Waals surface area contributed by atoms with Gasteiger partial charge in [0.15, 0.2) is 25.2 Å². The van der Waals surface area contributed by atoms with Gasteiger partial charge in [0.05, 0.1) is 44.1 Å². The van der Waals surface area contributed by atoms with E-state index in [9.17, 15) is 66.4 Å². The molecule has 464 valence electrons. The lowest BCUT2D eigenvalue weighted by molar-refractivity contribution is -0.362. The van der Waals surface area contributed by atoms with Gasteiger partial charge in [-0.15, -0.1) is 0 Å². The van der Waals surface area contributed by atoms with Crippen LogP contribution in [0.15, 0.2) is 11.6 Å². The first-order chi connectivity index (χ1) is 37.9. The molecule has 5 aliphatic heterocycles. The van der Waals surface area contributed by atoms with Crippen molar-refractivity contribution in [3.05, 3.63) is 11.6 Å². The van der Waals surface area contributed by atoms with E-state index in [2.05, 4.69) is 54.5 Å². The van der Waals surface area contributed by atoms with Crippen molar-refractivity contribution in [2.45, 2.75) is 261 Å². The molecule has 0 aromatic rings. The highest BCUT2D eigenvalue weighted by Crippen LogP contribution is 2.76. The molecule has 0 spiro atoms. The summed E-state index contributed by atoms with van der Waals surface area (Å²) < 4.78 is 58.8. The largest absolute Gasteiger partial charge is 0.432 e. The minimum Gasteiger partial charge on any atom is -0.432 e. The summed E-state index contributed by atoms with van der Waals surface area (Å²) >= 11 is 0. The molecule has 10 rings (SSSR count). The number of ether oxygens (including phenoxy) is 10. The molecular weight excluding hydrogens is 1070 g/mol. The van der Waals surface area contributed by atoms with Gasteiger partial charge in [-0.25, -0.2) is 0 Å². The molecular formula is C57H92O24. The predicted octanol–water partition coefficient (Wildman–Crippen LogP) is -1.27. The van der Waals surface area contributed by atoms with Gasteiger partial charge in [-0.2, -0.15) is 0 Å². The molecule has 30 atom stereocenters. The van der Waals surface area contributed by atoms with Gasteiger partial charge in [-0.05, 0) is 116 Å². The van der Waals surface area contributed by atoms with Gasteiger partial charge in [0.1, 0.15) is 97.7 Å². The minimum absolute atomic E-state index is 0.0980. The molecule has 0 bridgehead atoms. The summed E-state index contributed by atoms with van der Waals surface area (Å²) in [6.07, 6.45) is -23.5. The molecule has 13 N–H and O–H groups in total. The van der Waals surface area contributed by atoms with Gasteiger partial charge in [0, 0.05) is 0 Å². The molecule has 0 aromatic heterocycles. The van der Waals surface area contributed by atoms with Crippen molar-refractivity contribution in [1.82, 2.24) is 0 Å². The van der Waals surface area contributed by atoms with E-state index in [0.29, 0.717) is 19.3 Å². The molecule has 9 fully saturated rings. The van der Waals surface area contributed by atoms with Crippen LogP contribution >= 0.6 is 0 Å². The SMILES string of the molecule is C[C@@H]1O[C@@H](O[C@@H]2CO[C@H](OC(=O)[C@]34CCC(C)(C)CC3C3=CCC5[C@@]6(C)CC[C@H](O[C@@H]7OC[C@H](O[C@@H]8O[C@H](CO)[C@@H](O)[C@H](O)[C@H]8O)[C@H](O)[C@H]7O)C(C)(C)C6CC[C@@]5(C)C3(C)CC4)[C@H](O)[C@H]2O)[C@H](O)C(O[C@@H]2OC[C@@H](O)[C@H](O)[C@H]2O)[C@@H]1O. The zero-order chi connectivity index (χ0) is 58.8. The number of hydrogen-bond donors (Lipinski definition) is 13. The molecule has 4 saturated carbocycles. The Morgan fingerprint density at radius 2 is 1.15 bits per heavy atom. The summed E-state index contributed by atoms with van der Waals surface area (Å²) in [5.41, 5.74) is -0.748. The van der Waals surface area contributed by atoms with Crippen molar-refractivity contribution in [2.24, 2.45) is 50.2 Å². The average Bonchev–Trinajstić information content (AvgIpc) is 1.09. The molecule has 24 nitrogen and oxygen atoms in total. The number of aliphatic hydroxyl groups is 13. The lowest BCUT2D eigenvalue weighted by Gasteiger charge is -2.71. The third-order valence-electron chi connectivity index (χ3n) is 22.4. The van der Waals surface area contributed by atoms with Crippen LogP contribution < -0.4 is 0 Å². The molecule has 24 heteroatoms. The van der Waals surface area contributed by atoms with Crippen LogP contribution in [0.1, 0.15) is 120 Å². The Morgan fingerprint density at radius 3 is 1.81 bits per heavy atom. The van der Waals surface area contributed by atoms with Gasteiger partial charge in [-0.1, -0.05) is 60.1 Å². The predicted molar refractivity (Wildman–Crippen MR) is 276 cm³/mol. The minimum atomic E-state index is -1.77. The number of esters is 1. The molecule has 5 saturated heterocycles. The van der Waals surface area contributed by atoms with Crippen LogP contribution in [0.5, 0.6) is 0 Å². The van der Waals surface area contributed by atoms with E-state index in [4.69, 9.17) is 47.4 Å². The second-order valence-corrected chi connectivity index (χ2v) is 27.7. The Balaban J connectivity index is 0.794. The van der Waals surface area contributed by atoms with Gasteiger partial charge in [0.25, 0.3) is 0 Å². The molecule has 0 radical (unpaired) electrons. The van der Waals surface area contributed by atoms with E-state index in [1.54, 1.807) is 0 Å². The van der Waals surface area contributed by atoms with Gasteiger partial charge >= 0.3 is 5.97 Å². The highest BCUT2D eigenvalue weighted by atomic mass is 16.8. The van der Waals surface area contributed by atoms with Crippen molar-refractivity contribution in [3.8, 4) is 0 Å². The highest BCUT2D eigenvalue weighted by molar-refractivity contribution is 5.79. The third kappa shape index (κ3) is 10.5. The number of carbonyl (C=O) groups is 1. The van der Waals surface area contributed by atoms with Crippen LogP contribution in [0.2, 0.25) is 0 Å². The Bertz CT molecular complexity index is 2250. The van der Waals surface area contributed by atoms with Crippen molar-refractivity contribution in [2.75, 3.05) is 26.4 Å². The zero-order valence-electron chi connectivity index (χ0n) is 47.8. The molecule has 10 aliphatic rings. The van der Waals surface area contributed by atoms with Crippen molar-refractivity contribution in [3.63, 3.8) is 0 Å². The topological polar surface area (TPSA) is 372 Å². The summed E-state index contributed by atoms with van der Waals surface area (Å²) in [5, 5.41) is 139. The molecule has 81 heavy (non-hydrogen) atoms. The lowest BCUT2D eigenvalue weighted by atomic mass is 9.33. The Kier molecular flexibility index (Phi) is 17.6. The fourth-order valence-electron chi connectivity index (χ4n) is 17.1. The van der Waals surface area contributed by atoms with Crippen LogP contribution in [-0.4, -0.2) is 240 Å². The number of hydrogen-bond acceptors (Lipinski definition) is 24. The van der Waals surface area contributed by atoms with Crippen LogP contribution in [-0.2, 0) is 52.2 Å². The summed E-state index contributed by atoms with van der Waals surface area (Å²) in [6, 6.07) is 0. The fourth-order valence-corrected chi connectivity index (χ4v) is 17.1. The van der Waals surface area contributed by atoms with E-state index in [1.165, 1.54) is 12.5 Å². The van der Waals surface area contributed by atoms with Crippen molar-refractivity contribution >= 4 is 5.97 Å². The van der Waals surface area contributed by atoms with E-state index < -0.39 is 159 Å². The van der Waals surface area contributed by atoms with Crippen LogP contribution in [0.4, 0.5) is 0 Å². The molecule has 0 amide bonds. The van der Waals surface area contributed by atoms with E-state index >= 15 is 4.79 Å². The van der Waals surface area contributed by atoms with Gasteiger partial charge in [0.2, 0.25) is 6.29 Å². The van der Waals surface area contributed by atoms with Crippen LogP contribution in [0, 0.1) is 50.2 Å². The van der Waals surface area contributed by atoms with Crippen molar-refractivity contribution < 1.29 is 119 Å². The smallest absolute Gasteiger partial charge is 0.315 e. The maximum absolute atomic E-state index is 15.1. The fraction of sp³-hybridized carbons (Fsp3) is 0.947. The van der Waals surface area contributed by atoms with Crippen molar-refractivity contribution in [1.29, 1.82) is 0 Å². The molecule has 5 heterocycles. The third-order valence-corrected chi connectivity index (χ3v) is 22.4. The van der Waals surface area contributed by atoms with Crippen LogP contribution in [0.25, 0.3) is 0 Å². The average molecular weight is 1160 g/mol. The summed E-state index contributed by atoms with van der Waals surface area (Å²) in [5.74, 6) is -0.208. The quantitative estimate of drug-likeness (QED) is 0.0652. The maximum atomic E-state index is 15.1. The summed E-state index contributed by atoms with van der Waals surface area (Å²) in [7, 11) is 0. The Morgan fingerprint density at radius 1 is 0.568 bits per heavy atom. The second kappa shape index (κ2) is 22.8. The van der Waals surface area contributed by atoms with Crippen LogP contribution in [0.3, 0.4) is 0 Å². The van der Waals surface area contributed by atoms with E-state index in [0.717, 1.165) is 44.9 Å². The first kappa shape index (κ1) is 62.4. The molecule has 0 aromatic carbocycles. The van der Waals surface area contributed by atoms with E-state index in [-0.39, 0.29) is 65.3 Å². The highest BCUT2D eigenvalue weighted by Gasteiger charge is 2.70. The first-order valence-electron chi connectivity index (χ1n) is 29.4. The normalized spacial score (nSPS) is 54.4. The lowest BCUT2D eigenvalue weighted by Crippen LogP contribution is -2.66. The number of allylic oxidation sites excluding steroid dienone is 2. The molecule has 5 aliphatic carbocycles. The second-order valence-electron chi connectivity index (χ2n) is 27.7. The standard InChI is InChI=1S/C57H92O24/c1-24-34(60)45(80-47-40(66)35(61)27(59)21-72-47)44(70)50(75-24)78-30-23-74-48(42(68)38(30)64)81-51(71)57-17-15-52(2,3)19-26(57)25-9-10-32-54(6)13-12-33(53(4,5)31(54)11-14-56(32,8)55(25,7)16-18-57)79-46-41(67)37(63)29(22-73-46)77-49-43(69)39(65)36(62)28(20-58)76-49/h9,24,26-50,58-70H,10-23H2,1-8H3/t24-,26?,27+,28+,29-,30+,31?,32?,33-,34+,35-,36+,37-,38-,39-,40+,41+,42+,43+,44+,45?,46-,47-,48+,49-,50-,54-,55?,56+,57-/m0/s1. The molecule has 5 unspecified atom stereocenters.